The van der Waals surface area contributed by atoms with Gasteiger partial charge in [0.25, 0.3) is 0 Å². The first-order chi connectivity index (χ1) is 14.5. The van der Waals surface area contributed by atoms with Crippen LogP contribution in [-0.2, 0) is 25.6 Å². The molecule has 1 aromatic carbocycles. The number of amides is 3. The number of aliphatic carboxylic acids is 1. The molecule has 1 aromatic rings. The second-order valence-electron chi connectivity index (χ2n) is 8.00. The predicted molar refractivity (Wildman–Crippen MR) is 120 cm³/mol. The van der Waals surface area contributed by atoms with Crippen molar-refractivity contribution in [3.05, 3.63) is 29.8 Å². The van der Waals surface area contributed by atoms with Gasteiger partial charge in [0.2, 0.25) is 11.8 Å². The van der Waals surface area contributed by atoms with Crippen LogP contribution in [0.15, 0.2) is 24.3 Å². The van der Waals surface area contributed by atoms with E-state index in [9.17, 15) is 24.3 Å². The van der Waals surface area contributed by atoms with Gasteiger partial charge in [-0.05, 0) is 51.3 Å². The molecule has 0 saturated heterocycles. The first-order valence-corrected chi connectivity index (χ1v) is 10.2. The Bertz CT molecular complexity index is 726. The molecule has 0 aliphatic carbocycles. The number of nitrogens with one attached hydrogen (secondary N) is 3. The van der Waals surface area contributed by atoms with Crippen molar-refractivity contribution in [2.75, 3.05) is 11.9 Å². The summed E-state index contributed by atoms with van der Waals surface area (Å²) in [5, 5.41) is 16.4. The molecule has 0 aromatic heterocycles. The molecule has 9 nitrogen and oxygen atoms in total. The number of carboxylic acid groups (broad SMARTS) is 1. The molecule has 0 saturated carbocycles. The summed E-state index contributed by atoms with van der Waals surface area (Å²) in [5.41, 5.74) is 6.64. The Morgan fingerprint density at radius 3 is 2.16 bits per heavy atom. The molecule has 0 aliphatic rings. The van der Waals surface area contributed by atoms with Gasteiger partial charge >= 0.3 is 5.97 Å². The second kappa shape index (κ2) is 15.0. The van der Waals surface area contributed by atoms with Crippen LogP contribution in [0.1, 0.15) is 53.0 Å². The van der Waals surface area contributed by atoms with Crippen molar-refractivity contribution < 1.29 is 24.3 Å². The molecule has 2 atom stereocenters. The van der Waals surface area contributed by atoms with Gasteiger partial charge in [0.05, 0.1) is 12.0 Å². The molecule has 0 fully saturated rings. The number of carboxylic acids is 1. The minimum atomic E-state index is -0.896. The summed E-state index contributed by atoms with van der Waals surface area (Å²) in [6.45, 7) is 8.80. The maximum Gasteiger partial charge on any atom is 0.309 e. The van der Waals surface area contributed by atoms with Gasteiger partial charge in [0.1, 0.15) is 6.04 Å². The number of carbonyl (C=O) groups is 3. The molecule has 10 heteroatoms. The number of hydrogen-bond donors (Lipinski definition) is 5. The molecule has 0 heterocycles. The summed E-state index contributed by atoms with van der Waals surface area (Å²) in [5.74, 6) is -1.79. The van der Waals surface area contributed by atoms with Gasteiger partial charge in [-0.1, -0.05) is 32.4 Å². The van der Waals surface area contributed by atoms with Crippen LogP contribution in [0, 0.1) is 5.41 Å². The van der Waals surface area contributed by atoms with Crippen LogP contribution >= 0.6 is 0 Å². The first-order valence-electron chi connectivity index (χ1n) is 10.2. The number of anilines is 1. The molecule has 0 spiro atoms. The molecular weight excluding hydrogens is 657 g/mol. The van der Waals surface area contributed by atoms with E-state index in [1.54, 1.807) is 38.1 Å². The van der Waals surface area contributed by atoms with E-state index >= 15 is 0 Å². The molecule has 32 heavy (non-hydrogen) atoms. The van der Waals surface area contributed by atoms with Gasteiger partial charge in [0.15, 0.2) is 0 Å². The monoisotopic (exact) mass is 692 g/mol. The Morgan fingerprint density at radius 1 is 1.16 bits per heavy atom. The van der Waals surface area contributed by atoms with E-state index in [0.717, 1.165) is 5.56 Å². The van der Waals surface area contributed by atoms with Gasteiger partial charge in [0, 0.05) is 11.7 Å². The Morgan fingerprint density at radius 2 is 1.69 bits per heavy atom. The van der Waals surface area contributed by atoms with Gasteiger partial charge in [-0.2, -0.15) is 6.41 Å². The number of nitrogens with two attached hydrogens (primary N) is 1. The SMILES string of the molecule is CC(NC(=O)CN[C-]=O)C(=O)Nc1ccc(CC(N)CC(C)(C)C(=O)O)cc1.CCC.[Fm]. The third-order valence-corrected chi connectivity index (χ3v) is 4.16. The number of carbonyl (C=O) groups excluding carboxylic acids is 3. The van der Waals surface area contributed by atoms with Crippen molar-refractivity contribution in [3.63, 3.8) is 0 Å². The van der Waals surface area contributed by atoms with E-state index in [1.807, 2.05) is 0 Å². The maximum atomic E-state index is 12.1. The molecule has 1 rings (SSSR count). The molecule has 0 aliphatic heterocycles. The fraction of sp³-hybridized carbons (Fsp3) is 0.545. The minimum absolute atomic E-state index is 0. The number of hydrogen-bond acceptors (Lipinski definition) is 5. The Kier molecular flexibility index (Phi) is 14.1. The average Bonchev–Trinajstić information content (AvgIpc) is 2.67. The largest absolute Gasteiger partial charge is 0.522 e. The second-order valence-corrected chi connectivity index (χ2v) is 8.00. The number of benzene rings is 1. The third-order valence-electron chi connectivity index (χ3n) is 4.16. The van der Waals surface area contributed by atoms with Crippen LogP contribution in [0.4, 0.5) is 5.69 Å². The van der Waals surface area contributed by atoms with E-state index in [4.69, 9.17) is 5.73 Å². The summed E-state index contributed by atoms with van der Waals surface area (Å²) in [6.07, 6.45) is 3.48. The van der Waals surface area contributed by atoms with E-state index in [2.05, 4.69) is 29.8 Å². The zero-order valence-electron chi connectivity index (χ0n) is 19.2. The average molecular weight is 693 g/mol. The van der Waals surface area contributed by atoms with Crippen molar-refractivity contribution in [2.24, 2.45) is 11.1 Å². The molecule has 0 bridgehead atoms. The van der Waals surface area contributed by atoms with Crippen molar-refractivity contribution in [2.45, 2.75) is 66.0 Å². The van der Waals surface area contributed by atoms with E-state index < -0.39 is 29.2 Å². The van der Waals surface area contributed by atoms with Crippen molar-refractivity contribution in [1.29, 1.82) is 0 Å². The molecule has 6 N–H and O–H groups in total. The fourth-order valence-electron chi connectivity index (χ4n) is 2.57. The zero-order valence-corrected chi connectivity index (χ0v) is 21.6. The number of rotatable bonds is 11. The van der Waals surface area contributed by atoms with Gasteiger partial charge in [-0.15, -0.1) is 0 Å². The van der Waals surface area contributed by atoms with E-state index in [0.29, 0.717) is 18.5 Å². The zero-order chi connectivity index (χ0) is 24.0. The Balaban J connectivity index is 0. The van der Waals surface area contributed by atoms with Crippen molar-refractivity contribution in [1.82, 2.24) is 10.6 Å². The van der Waals surface area contributed by atoms with Crippen LogP contribution in [0.2, 0.25) is 0 Å². The van der Waals surface area contributed by atoms with Gasteiger partial charge in [-0.3, -0.25) is 14.4 Å². The summed E-state index contributed by atoms with van der Waals surface area (Å²) in [6, 6.07) is 5.93. The van der Waals surface area contributed by atoms with Gasteiger partial charge < -0.3 is 31.6 Å². The minimum Gasteiger partial charge on any atom is -0.522 e. The van der Waals surface area contributed by atoms with E-state index in [1.165, 1.54) is 19.8 Å². The molecule has 2 unspecified atom stereocenters. The third kappa shape index (κ3) is 11.9. The van der Waals surface area contributed by atoms with E-state index in [-0.39, 0.29) is 12.6 Å². The Hall–Kier alpha value is -3.94. The molecule has 3 amide bonds. The smallest absolute Gasteiger partial charge is 0.309 e. The summed E-state index contributed by atoms with van der Waals surface area (Å²) < 4.78 is 0. The normalized spacial score (nSPS) is 12.1. The van der Waals surface area contributed by atoms with Crippen molar-refractivity contribution in [3.8, 4) is 0 Å². The molecular formula is C22H35FmN4O5-. The predicted octanol–water partition coefficient (Wildman–Crippen LogP) is 1.57. The quantitative estimate of drug-likeness (QED) is 0.176. The van der Waals surface area contributed by atoms with Crippen molar-refractivity contribution >= 4 is 29.9 Å². The molecule has 0 radical (unpaired) electrons. The van der Waals surface area contributed by atoms with Crippen LogP contribution in [0.5, 0.6) is 0 Å². The topological polar surface area (TPSA) is 151 Å². The summed E-state index contributed by atoms with van der Waals surface area (Å²) >= 11 is 0. The fourth-order valence-corrected chi connectivity index (χ4v) is 2.57. The van der Waals surface area contributed by atoms with Crippen LogP contribution < -0.4 is 21.7 Å². The molecule has 186 valence electrons. The van der Waals surface area contributed by atoms with Gasteiger partial charge in [-0.25, -0.2) is 0 Å². The first kappa shape index (κ1) is 30.3. The maximum absolute atomic E-state index is 12.1. The Labute approximate surface area is 184 Å². The standard InChI is InChI=1S/C19H27N4O5.C3H8.Fm/c1-12(22-16(25)10-21-11-24)17(26)23-15-6-4-13(5-7-15)8-14(20)9-19(2,3)18(27)28;1-3-2;/h4-7,12,14H,8-10,20H2,1-3H3,(H,21,24)(H,22,25)(H,23,26)(H,27,28);3H2,1-2H3;/q-1;;. The van der Waals surface area contributed by atoms with Crippen LogP contribution in [-0.4, -0.2) is 47.9 Å². The summed E-state index contributed by atoms with van der Waals surface area (Å²) in [4.78, 5) is 44.8. The summed E-state index contributed by atoms with van der Waals surface area (Å²) in [7, 11) is 0. The van der Waals surface area contributed by atoms with Crippen LogP contribution in [0.3, 0.4) is 0 Å². The van der Waals surface area contributed by atoms with Crippen LogP contribution in [0.25, 0.3) is 0 Å².